The molecule has 3 heteroatoms. The number of carboxylic acid groups (broad SMARTS) is 1. The number of hydrogen-bond donors (Lipinski definition) is 1. The molecule has 0 aliphatic heterocycles. The fourth-order valence-corrected chi connectivity index (χ4v) is 4.44. The first-order valence-corrected chi connectivity index (χ1v) is 8.95. The van der Waals surface area contributed by atoms with Gasteiger partial charge in [0.1, 0.15) is 0 Å². The van der Waals surface area contributed by atoms with Crippen LogP contribution >= 0.6 is 0 Å². The van der Waals surface area contributed by atoms with Crippen molar-refractivity contribution in [3.63, 3.8) is 0 Å². The summed E-state index contributed by atoms with van der Waals surface area (Å²) >= 11 is 0. The molecular weight excluding hydrogens is 216 g/mol. The van der Waals surface area contributed by atoms with E-state index in [-0.39, 0.29) is 5.92 Å². The van der Waals surface area contributed by atoms with Crippen molar-refractivity contribution < 1.29 is 9.90 Å². The number of carbonyl (C=O) groups is 1. The van der Waals surface area contributed by atoms with Gasteiger partial charge >= 0.3 is 5.97 Å². The third-order valence-corrected chi connectivity index (χ3v) is 5.13. The van der Waals surface area contributed by atoms with Gasteiger partial charge in [-0.2, -0.15) is 0 Å². The van der Waals surface area contributed by atoms with Crippen LogP contribution in [0.1, 0.15) is 11.5 Å². The highest BCUT2D eigenvalue weighted by Crippen LogP contribution is 2.52. The first-order valence-electron chi connectivity index (χ1n) is 5.45. The standard InChI is InChI=1S/C13H16O2Si/c1-16(2,3)12-10(11(12)13(14)15)9-7-5-4-6-8-9/h4-8,10H,1-3H3,(H,14,15). The fourth-order valence-electron chi connectivity index (χ4n) is 2.28. The Kier molecular flexibility index (Phi) is 2.50. The summed E-state index contributed by atoms with van der Waals surface area (Å²) < 4.78 is 0. The second-order valence-electron chi connectivity index (χ2n) is 5.23. The molecule has 0 heterocycles. The summed E-state index contributed by atoms with van der Waals surface area (Å²) in [6, 6.07) is 9.92. The predicted octanol–water partition coefficient (Wildman–Crippen LogP) is 3.04. The van der Waals surface area contributed by atoms with Gasteiger partial charge in [0.2, 0.25) is 0 Å². The van der Waals surface area contributed by atoms with Gasteiger partial charge in [-0.1, -0.05) is 55.2 Å². The number of carboxylic acids is 1. The van der Waals surface area contributed by atoms with E-state index < -0.39 is 14.0 Å². The van der Waals surface area contributed by atoms with Crippen LogP contribution in [0.4, 0.5) is 0 Å². The van der Waals surface area contributed by atoms with Gasteiger partial charge in [-0.05, 0) is 5.56 Å². The van der Waals surface area contributed by atoms with Crippen molar-refractivity contribution in [3.05, 3.63) is 46.7 Å². The Morgan fingerprint density at radius 1 is 1.19 bits per heavy atom. The molecule has 1 aliphatic rings. The summed E-state index contributed by atoms with van der Waals surface area (Å²) in [6.07, 6.45) is 0. The molecule has 1 aromatic rings. The molecule has 0 amide bonds. The van der Waals surface area contributed by atoms with E-state index in [2.05, 4.69) is 19.6 Å². The van der Waals surface area contributed by atoms with E-state index in [4.69, 9.17) is 0 Å². The van der Waals surface area contributed by atoms with Gasteiger partial charge in [-0.25, -0.2) is 4.79 Å². The highest BCUT2D eigenvalue weighted by atomic mass is 28.3. The molecule has 1 unspecified atom stereocenters. The summed E-state index contributed by atoms with van der Waals surface area (Å²) in [5, 5.41) is 10.4. The van der Waals surface area contributed by atoms with Crippen molar-refractivity contribution in [2.75, 3.05) is 0 Å². The van der Waals surface area contributed by atoms with Crippen molar-refractivity contribution >= 4 is 14.0 Å². The van der Waals surface area contributed by atoms with E-state index in [1.165, 1.54) is 5.20 Å². The van der Waals surface area contributed by atoms with Crippen LogP contribution in [0.5, 0.6) is 0 Å². The maximum Gasteiger partial charge on any atom is 0.332 e. The number of benzene rings is 1. The summed E-state index contributed by atoms with van der Waals surface area (Å²) in [7, 11) is -1.50. The average molecular weight is 232 g/mol. The molecule has 0 fully saturated rings. The Bertz CT molecular complexity index is 455. The van der Waals surface area contributed by atoms with Crippen LogP contribution in [0.3, 0.4) is 0 Å². The first-order chi connectivity index (χ1) is 7.43. The fraction of sp³-hybridized carbons (Fsp3) is 0.308. The lowest BCUT2D eigenvalue weighted by atomic mass is 10.1. The largest absolute Gasteiger partial charge is 0.478 e. The molecule has 1 N–H and O–H groups in total. The number of rotatable bonds is 3. The number of allylic oxidation sites excluding steroid dienone is 1. The van der Waals surface area contributed by atoms with Crippen LogP contribution in [0, 0.1) is 0 Å². The summed E-state index contributed by atoms with van der Waals surface area (Å²) in [4.78, 5) is 11.2. The minimum Gasteiger partial charge on any atom is -0.478 e. The molecule has 2 rings (SSSR count). The van der Waals surface area contributed by atoms with Crippen LogP contribution in [0.15, 0.2) is 41.1 Å². The Balaban J connectivity index is 2.33. The van der Waals surface area contributed by atoms with Gasteiger partial charge in [0.05, 0.1) is 8.07 Å². The molecule has 0 spiro atoms. The second kappa shape index (κ2) is 3.59. The monoisotopic (exact) mass is 232 g/mol. The average Bonchev–Trinajstić information content (AvgIpc) is 2.93. The molecule has 1 atom stereocenters. The second-order valence-corrected chi connectivity index (χ2v) is 10.3. The molecule has 0 saturated heterocycles. The zero-order valence-electron chi connectivity index (χ0n) is 9.82. The molecule has 84 valence electrons. The molecule has 1 aromatic carbocycles. The number of hydrogen-bond acceptors (Lipinski definition) is 1. The molecule has 1 aliphatic carbocycles. The zero-order chi connectivity index (χ0) is 11.9. The van der Waals surface area contributed by atoms with Crippen molar-refractivity contribution in [1.82, 2.24) is 0 Å². The number of aliphatic carboxylic acids is 1. The van der Waals surface area contributed by atoms with Gasteiger partial charge in [0.15, 0.2) is 0 Å². The molecule has 0 bridgehead atoms. The maximum absolute atomic E-state index is 11.2. The van der Waals surface area contributed by atoms with Crippen molar-refractivity contribution in [1.29, 1.82) is 0 Å². The van der Waals surface area contributed by atoms with E-state index in [9.17, 15) is 9.90 Å². The highest BCUT2D eigenvalue weighted by molar-refractivity contribution is 6.85. The van der Waals surface area contributed by atoms with E-state index in [0.717, 1.165) is 5.56 Å². The van der Waals surface area contributed by atoms with Crippen molar-refractivity contribution in [3.8, 4) is 0 Å². The van der Waals surface area contributed by atoms with Gasteiger partial charge in [0.25, 0.3) is 0 Å². The first kappa shape index (κ1) is 11.1. The third kappa shape index (κ3) is 1.83. The SMILES string of the molecule is C[Si](C)(C)C1=C(C(=O)O)C1c1ccccc1. The maximum atomic E-state index is 11.2. The smallest absolute Gasteiger partial charge is 0.332 e. The summed E-state index contributed by atoms with van der Waals surface area (Å²) in [5.74, 6) is -0.656. The van der Waals surface area contributed by atoms with Crippen LogP contribution in [-0.2, 0) is 4.79 Å². The predicted molar refractivity (Wildman–Crippen MR) is 67.2 cm³/mol. The molecule has 16 heavy (non-hydrogen) atoms. The Morgan fingerprint density at radius 2 is 1.75 bits per heavy atom. The summed E-state index contributed by atoms with van der Waals surface area (Å²) in [5.41, 5.74) is 1.77. The van der Waals surface area contributed by atoms with E-state index in [1.54, 1.807) is 0 Å². The minimum atomic E-state index is -1.50. The third-order valence-electron chi connectivity index (χ3n) is 2.96. The molecule has 2 nitrogen and oxygen atoms in total. The molecule has 0 saturated carbocycles. The van der Waals surface area contributed by atoms with E-state index in [1.807, 2.05) is 30.3 Å². The summed E-state index contributed by atoms with van der Waals surface area (Å²) in [6.45, 7) is 6.61. The van der Waals surface area contributed by atoms with Gasteiger partial charge < -0.3 is 5.11 Å². The van der Waals surface area contributed by atoms with Crippen LogP contribution in [0.25, 0.3) is 0 Å². The lowest BCUT2D eigenvalue weighted by molar-refractivity contribution is -0.132. The molecule has 0 radical (unpaired) electrons. The van der Waals surface area contributed by atoms with Gasteiger partial charge in [0, 0.05) is 11.5 Å². The van der Waals surface area contributed by atoms with Crippen molar-refractivity contribution in [2.45, 2.75) is 25.6 Å². The normalized spacial score (nSPS) is 19.8. The highest BCUT2D eigenvalue weighted by Gasteiger charge is 2.48. The Hall–Kier alpha value is -1.35. The topological polar surface area (TPSA) is 37.3 Å². The minimum absolute atomic E-state index is 0.0883. The lowest BCUT2D eigenvalue weighted by Gasteiger charge is -2.13. The molecular formula is C13H16O2Si. The zero-order valence-corrected chi connectivity index (χ0v) is 10.8. The lowest BCUT2D eigenvalue weighted by Crippen LogP contribution is -2.20. The molecule has 0 aromatic heterocycles. The van der Waals surface area contributed by atoms with Gasteiger partial charge in [-0.15, -0.1) is 0 Å². The Labute approximate surface area is 96.6 Å². The van der Waals surface area contributed by atoms with Crippen LogP contribution in [-0.4, -0.2) is 19.1 Å². The van der Waals surface area contributed by atoms with Crippen LogP contribution < -0.4 is 0 Å². The van der Waals surface area contributed by atoms with E-state index in [0.29, 0.717) is 5.57 Å². The van der Waals surface area contributed by atoms with Gasteiger partial charge in [-0.3, -0.25) is 0 Å². The quantitative estimate of drug-likeness (QED) is 0.813. The van der Waals surface area contributed by atoms with E-state index >= 15 is 0 Å². The Morgan fingerprint density at radius 3 is 2.12 bits per heavy atom. The van der Waals surface area contributed by atoms with Crippen LogP contribution in [0.2, 0.25) is 19.6 Å². The van der Waals surface area contributed by atoms with Crippen molar-refractivity contribution in [2.24, 2.45) is 0 Å².